The van der Waals surface area contributed by atoms with Crippen LogP contribution in [0.3, 0.4) is 0 Å². The van der Waals surface area contributed by atoms with Crippen LogP contribution in [-0.2, 0) is 16.8 Å². The van der Waals surface area contributed by atoms with Crippen molar-refractivity contribution >= 4 is 17.3 Å². The smallest absolute Gasteiger partial charge is 0.310 e. The number of hydrogen-bond donors (Lipinski definition) is 1. The maximum Gasteiger partial charge on any atom is 0.310 e. The molecule has 112 valence electrons. The number of aliphatic carboxylic acids is 1. The molecule has 1 unspecified atom stereocenters. The van der Waals surface area contributed by atoms with Crippen LogP contribution >= 0.6 is 11.3 Å². The van der Waals surface area contributed by atoms with Gasteiger partial charge in [0.05, 0.1) is 16.1 Å². The second-order valence-electron chi connectivity index (χ2n) is 6.79. The van der Waals surface area contributed by atoms with Crippen LogP contribution in [0.15, 0.2) is 5.38 Å². The Hall–Kier alpha value is -0.940. The van der Waals surface area contributed by atoms with Crippen molar-refractivity contribution in [2.75, 3.05) is 13.1 Å². The lowest BCUT2D eigenvalue weighted by molar-refractivity contribution is -0.148. The van der Waals surface area contributed by atoms with Crippen molar-refractivity contribution < 1.29 is 9.90 Å². The van der Waals surface area contributed by atoms with Crippen LogP contribution in [0.1, 0.15) is 51.2 Å². The summed E-state index contributed by atoms with van der Waals surface area (Å²) >= 11 is 1.70. The predicted molar refractivity (Wildman–Crippen MR) is 81.1 cm³/mol. The lowest BCUT2D eigenvalue weighted by Gasteiger charge is -2.22. The third-order valence-corrected chi connectivity index (χ3v) is 5.46. The number of carbonyl (C=O) groups is 1. The largest absolute Gasteiger partial charge is 0.481 e. The number of aromatic nitrogens is 1. The molecule has 0 aliphatic carbocycles. The molecule has 0 spiro atoms. The van der Waals surface area contributed by atoms with Gasteiger partial charge in [0.25, 0.3) is 0 Å². The molecule has 1 aromatic heterocycles. The molecule has 1 N–H and O–H groups in total. The van der Waals surface area contributed by atoms with Crippen LogP contribution in [0.4, 0.5) is 0 Å². The molecule has 4 nitrogen and oxygen atoms in total. The fourth-order valence-corrected chi connectivity index (χ4v) is 3.56. The molecule has 0 amide bonds. The Balaban J connectivity index is 2.02. The van der Waals surface area contributed by atoms with E-state index in [1.54, 1.807) is 11.3 Å². The van der Waals surface area contributed by atoms with Crippen molar-refractivity contribution in [3.63, 3.8) is 0 Å². The Labute approximate surface area is 124 Å². The van der Waals surface area contributed by atoms with Crippen LogP contribution in [0.2, 0.25) is 0 Å². The summed E-state index contributed by atoms with van der Waals surface area (Å²) in [5.41, 5.74) is 0.600. The Kier molecular flexibility index (Phi) is 4.21. The molecule has 0 aromatic carbocycles. The molecule has 1 fully saturated rings. The van der Waals surface area contributed by atoms with E-state index < -0.39 is 11.4 Å². The average Bonchev–Trinajstić information content (AvgIpc) is 2.96. The van der Waals surface area contributed by atoms with Crippen LogP contribution in [0.25, 0.3) is 0 Å². The van der Waals surface area contributed by atoms with Crippen LogP contribution < -0.4 is 0 Å². The molecular weight excluding hydrogens is 272 g/mol. The third-order valence-electron chi connectivity index (χ3n) is 4.14. The number of nitrogens with zero attached hydrogens (tertiary/aromatic N) is 2. The van der Waals surface area contributed by atoms with Gasteiger partial charge >= 0.3 is 5.97 Å². The monoisotopic (exact) mass is 296 g/mol. The van der Waals surface area contributed by atoms with E-state index in [2.05, 4.69) is 31.1 Å². The van der Waals surface area contributed by atoms with Gasteiger partial charge < -0.3 is 5.11 Å². The average molecular weight is 296 g/mol. The summed E-state index contributed by atoms with van der Waals surface area (Å²) in [6.45, 7) is 10.7. The molecule has 1 aromatic rings. The molecule has 1 aliphatic rings. The topological polar surface area (TPSA) is 53.4 Å². The Morgan fingerprint density at radius 1 is 1.55 bits per heavy atom. The van der Waals surface area contributed by atoms with Crippen molar-refractivity contribution in [2.24, 2.45) is 5.41 Å². The maximum absolute atomic E-state index is 11.4. The van der Waals surface area contributed by atoms with Crippen molar-refractivity contribution in [1.82, 2.24) is 9.88 Å². The number of likely N-dealkylation sites (tertiary alicyclic amines) is 1. The zero-order chi connectivity index (χ0) is 15.0. The summed E-state index contributed by atoms with van der Waals surface area (Å²) in [5.74, 6) is -0.656. The molecule has 0 bridgehead atoms. The molecule has 1 aliphatic heterocycles. The Morgan fingerprint density at radius 3 is 2.70 bits per heavy atom. The third kappa shape index (κ3) is 3.04. The summed E-state index contributed by atoms with van der Waals surface area (Å²) < 4.78 is 0. The summed E-state index contributed by atoms with van der Waals surface area (Å²) in [6, 6.07) is 0. The molecule has 2 rings (SSSR count). The number of thiazole rings is 1. The zero-order valence-electron chi connectivity index (χ0n) is 12.8. The first-order valence-electron chi connectivity index (χ1n) is 7.17. The van der Waals surface area contributed by atoms with Crippen LogP contribution in [-0.4, -0.2) is 34.0 Å². The van der Waals surface area contributed by atoms with Gasteiger partial charge in [-0.05, 0) is 19.4 Å². The second kappa shape index (κ2) is 5.45. The number of hydrogen-bond acceptors (Lipinski definition) is 4. The first-order valence-corrected chi connectivity index (χ1v) is 8.05. The lowest BCUT2D eigenvalue weighted by atomic mass is 9.84. The summed E-state index contributed by atoms with van der Waals surface area (Å²) in [5, 5.41) is 12.7. The van der Waals surface area contributed by atoms with Crippen molar-refractivity contribution in [3.8, 4) is 0 Å². The highest BCUT2D eigenvalue weighted by Gasteiger charge is 2.43. The van der Waals surface area contributed by atoms with Gasteiger partial charge in [0.15, 0.2) is 0 Å². The van der Waals surface area contributed by atoms with E-state index >= 15 is 0 Å². The SMILES string of the molecule is CCC1(C(=O)O)CCN(Cc2csc(C(C)(C)C)n2)C1. The Morgan fingerprint density at radius 2 is 2.25 bits per heavy atom. The van der Waals surface area contributed by atoms with Gasteiger partial charge in [-0.15, -0.1) is 11.3 Å². The summed E-state index contributed by atoms with van der Waals surface area (Å²) in [7, 11) is 0. The molecule has 2 heterocycles. The van der Waals surface area contributed by atoms with Gasteiger partial charge in [0, 0.05) is 23.9 Å². The van der Waals surface area contributed by atoms with Crippen LogP contribution in [0, 0.1) is 5.41 Å². The number of carboxylic acid groups (broad SMARTS) is 1. The van der Waals surface area contributed by atoms with E-state index in [0.717, 1.165) is 30.2 Å². The van der Waals surface area contributed by atoms with Crippen LogP contribution in [0.5, 0.6) is 0 Å². The molecular formula is C15H24N2O2S. The quantitative estimate of drug-likeness (QED) is 0.927. The van der Waals surface area contributed by atoms with Gasteiger partial charge in [-0.2, -0.15) is 0 Å². The van der Waals surface area contributed by atoms with Gasteiger partial charge in [0.2, 0.25) is 0 Å². The Bertz CT molecular complexity index is 492. The maximum atomic E-state index is 11.4. The molecule has 20 heavy (non-hydrogen) atoms. The molecule has 1 atom stereocenters. The highest BCUT2D eigenvalue weighted by molar-refractivity contribution is 7.09. The van der Waals surface area contributed by atoms with Crippen molar-refractivity contribution in [3.05, 3.63) is 16.1 Å². The van der Waals surface area contributed by atoms with Crippen molar-refractivity contribution in [2.45, 2.75) is 52.5 Å². The molecule has 5 heteroatoms. The fraction of sp³-hybridized carbons (Fsp3) is 0.733. The van der Waals surface area contributed by atoms with Crippen molar-refractivity contribution in [1.29, 1.82) is 0 Å². The molecule has 1 saturated heterocycles. The highest BCUT2D eigenvalue weighted by atomic mass is 32.1. The number of carboxylic acids is 1. The lowest BCUT2D eigenvalue weighted by Crippen LogP contribution is -2.33. The molecule has 0 radical (unpaired) electrons. The predicted octanol–water partition coefficient (Wildman–Crippen LogP) is 3.13. The summed E-state index contributed by atoms with van der Waals surface area (Å²) in [6.07, 6.45) is 1.44. The first-order chi connectivity index (χ1) is 9.27. The van der Waals surface area contributed by atoms with E-state index in [9.17, 15) is 9.90 Å². The van der Waals surface area contributed by atoms with E-state index in [0.29, 0.717) is 13.0 Å². The van der Waals surface area contributed by atoms with Gasteiger partial charge in [0.1, 0.15) is 0 Å². The van der Waals surface area contributed by atoms with E-state index in [1.807, 2.05) is 6.92 Å². The minimum absolute atomic E-state index is 0.0855. The summed E-state index contributed by atoms with van der Waals surface area (Å²) in [4.78, 5) is 18.4. The van der Waals surface area contributed by atoms with E-state index in [-0.39, 0.29) is 5.41 Å². The van der Waals surface area contributed by atoms with E-state index in [4.69, 9.17) is 4.98 Å². The zero-order valence-corrected chi connectivity index (χ0v) is 13.6. The van der Waals surface area contributed by atoms with Gasteiger partial charge in [-0.25, -0.2) is 4.98 Å². The van der Waals surface area contributed by atoms with Gasteiger partial charge in [-0.1, -0.05) is 27.7 Å². The minimum Gasteiger partial charge on any atom is -0.481 e. The highest BCUT2D eigenvalue weighted by Crippen LogP contribution is 2.35. The normalized spacial score (nSPS) is 24.2. The minimum atomic E-state index is -0.656. The second-order valence-corrected chi connectivity index (χ2v) is 7.65. The first kappa shape index (κ1) is 15.4. The standard InChI is InChI=1S/C15H24N2O2S/c1-5-15(13(18)19)6-7-17(10-15)8-11-9-20-12(16-11)14(2,3)4/h9H,5-8,10H2,1-4H3,(H,18,19). The van der Waals surface area contributed by atoms with E-state index in [1.165, 1.54) is 0 Å². The molecule has 0 saturated carbocycles. The fourth-order valence-electron chi connectivity index (χ4n) is 2.66. The number of rotatable bonds is 4. The van der Waals surface area contributed by atoms with Gasteiger partial charge in [-0.3, -0.25) is 9.69 Å².